The van der Waals surface area contributed by atoms with Gasteiger partial charge >= 0.3 is 0 Å². The number of hydrogen-bond donors (Lipinski definition) is 2. The molecule has 0 aliphatic rings. The molecule has 0 bridgehead atoms. The van der Waals surface area contributed by atoms with Gasteiger partial charge in [0.2, 0.25) is 5.91 Å². The van der Waals surface area contributed by atoms with E-state index < -0.39 is 0 Å². The van der Waals surface area contributed by atoms with E-state index >= 15 is 0 Å². The van der Waals surface area contributed by atoms with Crippen LogP contribution < -0.4 is 5.32 Å². The van der Waals surface area contributed by atoms with Crippen molar-refractivity contribution in [3.63, 3.8) is 0 Å². The van der Waals surface area contributed by atoms with Crippen molar-refractivity contribution < 1.29 is 9.90 Å². The highest BCUT2D eigenvalue weighted by molar-refractivity contribution is 5.91. The maximum absolute atomic E-state index is 11.8. The molecule has 0 aliphatic carbocycles. The maximum Gasteiger partial charge on any atom is 0.224 e. The van der Waals surface area contributed by atoms with Gasteiger partial charge in [0.05, 0.1) is 6.61 Å². The third-order valence-corrected chi connectivity index (χ3v) is 2.92. The molecule has 20 heavy (non-hydrogen) atoms. The number of hydrogen-bond acceptors (Lipinski definition) is 2. The lowest BCUT2D eigenvalue weighted by molar-refractivity contribution is -0.116. The van der Waals surface area contributed by atoms with Crippen molar-refractivity contribution in [2.45, 2.75) is 40.0 Å². The quantitative estimate of drug-likeness (QED) is 0.810. The highest BCUT2D eigenvalue weighted by atomic mass is 16.2. The minimum Gasteiger partial charge on any atom is -0.395 e. The van der Waals surface area contributed by atoms with Gasteiger partial charge in [-0.2, -0.15) is 0 Å². The van der Waals surface area contributed by atoms with Crippen molar-refractivity contribution in [2.24, 2.45) is 5.92 Å². The molecule has 1 amide bonds. The summed E-state index contributed by atoms with van der Waals surface area (Å²) in [5.41, 5.74) is 2.74. The fourth-order valence-corrected chi connectivity index (χ4v) is 1.73. The molecule has 0 unspecified atom stereocenters. The number of carbonyl (C=O) groups is 1. The molecule has 0 heterocycles. The number of nitrogens with one attached hydrogen (secondary N) is 1. The summed E-state index contributed by atoms with van der Waals surface area (Å²) in [4.78, 5) is 11.8. The summed E-state index contributed by atoms with van der Waals surface area (Å²) in [5, 5.41) is 11.6. The van der Waals surface area contributed by atoms with E-state index in [-0.39, 0.29) is 12.5 Å². The van der Waals surface area contributed by atoms with E-state index in [2.05, 4.69) is 31.0 Å². The maximum atomic E-state index is 11.8. The van der Waals surface area contributed by atoms with Gasteiger partial charge in [0.25, 0.3) is 0 Å². The number of amides is 1. The molecule has 108 valence electrons. The predicted molar refractivity (Wildman–Crippen MR) is 82.5 cm³/mol. The molecular weight excluding hydrogens is 250 g/mol. The second-order valence-corrected chi connectivity index (χ2v) is 5.29. The Morgan fingerprint density at radius 1 is 1.40 bits per heavy atom. The Kier molecular flexibility index (Phi) is 6.83. The molecule has 3 nitrogen and oxygen atoms in total. The zero-order valence-corrected chi connectivity index (χ0v) is 12.5. The first-order valence-electron chi connectivity index (χ1n) is 7.03. The van der Waals surface area contributed by atoms with Gasteiger partial charge in [-0.25, -0.2) is 0 Å². The number of aryl methyl sites for hydroxylation is 1. The van der Waals surface area contributed by atoms with E-state index in [1.165, 1.54) is 0 Å². The normalized spacial score (nSPS) is 10.1. The minimum absolute atomic E-state index is 0.0564. The number of aliphatic hydroxyl groups excluding tert-OH is 1. The lowest BCUT2D eigenvalue weighted by Crippen LogP contribution is -2.13. The fourth-order valence-electron chi connectivity index (χ4n) is 1.73. The van der Waals surface area contributed by atoms with Crippen molar-refractivity contribution in [3.05, 3.63) is 29.3 Å². The van der Waals surface area contributed by atoms with Crippen molar-refractivity contribution in [1.29, 1.82) is 0 Å². The van der Waals surface area contributed by atoms with Crippen LogP contribution in [-0.4, -0.2) is 17.6 Å². The molecule has 0 spiro atoms. The summed E-state index contributed by atoms with van der Waals surface area (Å²) in [6.07, 6.45) is 1.93. The SMILES string of the molecule is Cc1cc(C#CCCO)ccc1NC(=O)CCC(C)C. The van der Waals surface area contributed by atoms with Crippen molar-refractivity contribution >= 4 is 11.6 Å². The van der Waals surface area contributed by atoms with Gasteiger partial charge in [0, 0.05) is 24.1 Å². The summed E-state index contributed by atoms with van der Waals surface area (Å²) >= 11 is 0. The first kappa shape index (κ1) is 16.3. The second kappa shape index (κ2) is 8.39. The average Bonchev–Trinajstić information content (AvgIpc) is 2.40. The first-order valence-corrected chi connectivity index (χ1v) is 7.03. The molecule has 1 aromatic carbocycles. The highest BCUT2D eigenvalue weighted by Crippen LogP contribution is 2.17. The van der Waals surface area contributed by atoms with Gasteiger partial charge in [-0.05, 0) is 43.0 Å². The number of carbonyl (C=O) groups excluding carboxylic acids is 1. The molecule has 0 aromatic heterocycles. The first-order chi connectivity index (χ1) is 9.52. The van der Waals surface area contributed by atoms with Crippen LogP contribution in [0, 0.1) is 24.7 Å². The van der Waals surface area contributed by atoms with E-state index in [0.29, 0.717) is 18.8 Å². The van der Waals surface area contributed by atoms with Crippen LogP contribution in [0.2, 0.25) is 0 Å². The van der Waals surface area contributed by atoms with E-state index in [4.69, 9.17) is 5.11 Å². The smallest absolute Gasteiger partial charge is 0.224 e. The van der Waals surface area contributed by atoms with E-state index in [0.717, 1.165) is 23.2 Å². The highest BCUT2D eigenvalue weighted by Gasteiger charge is 2.06. The van der Waals surface area contributed by atoms with Gasteiger partial charge in [-0.3, -0.25) is 4.79 Å². The Balaban J connectivity index is 2.64. The molecule has 1 aromatic rings. The third kappa shape index (κ3) is 5.90. The monoisotopic (exact) mass is 273 g/mol. The summed E-state index contributed by atoms with van der Waals surface area (Å²) in [7, 11) is 0. The van der Waals surface area contributed by atoms with Crippen LogP contribution in [0.4, 0.5) is 5.69 Å². The number of aliphatic hydroxyl groups is 1. The van der Waals surface area contributed by atoms with E-state index in [9.17, 15) is 4.79 Å². The van der Waals surface area contributed by atoms with Crippen molar-refractivity contribution in [1.82, 2.24) is 0 Å². The number of benzene rings is 1. The van der Waals surface area contributed by atoms with Crippen LogP contribution in [0.3, 0.4) is 0 Å². The molecule has 3 heteroatoms. The van der Waals surface area contributed by atoms with Crippen LogP contribution in [0.1, 0.15) is 44.2 Å². The molecule has 0 aliphatic heterocycles. The topological polar surface area (TPSA) is 49.3 Å². The van der Waals surface area contributed by atoms with Gasteiger partial charge in [-0.15, -0.1) is 0 Å². The molecule has 1 rings (SSSR count). The van der Waals surface area contributed by atoms with Gasteiger partial charge in [0.15, 0.2) is 0 Å². The van der Waals surface area contributed by atoms with Crippen LogP contribution in [0.5, 0.6) is 0 Å². The molecule has 0 saturated heterocycles. The Labute approximate surface area is 121 Å². The summed E-state index contributed by atoms with van der Waals surface area (Å²) in [6, 6.07) is 5.71. The molecule has 0 fully saturated rings. The lowest BCUT2D eigenvalue weighted by atomic mass is 10.1. The Hall–Kier alpha value is -1.79. The Morgan fingerprint density at radius 3 is 2.75 bits per heavy atom. The standard InChI is InChI=1S/C17H23NO2/c1-13(2)7-10-17(20)18-16-9-8-15(12-14(16)3)6-4-5-11-19/h8-9,12-13,19H,5,7,10-11H2,1-3H3,(H,18,20). The van der Waals surface area contributed by atoms with Gasteiger partial charge in [-0.1, -0.05) is 25.7 Å². The number of rotatable bonds is 5. The van der Waals surface area contributed by atoms with Crippen molar-refractivity contribution in [2.75, 3.05) is 11.9 Å². The summed E-state index contributed by atoms with van der Waals surface area (Å²) in [5.74, 6) is 6.46. The second-order valence-electron chi connectivity index (χ2n) is 5.29. The average molecular weight is 273 g/mol. The lowest BCUT2D eigenvalue weighted by Gasteiger charge is -2.09. The summed E-state index contributed by atoms with van der Waals surface area (Å²) in [6.45, 7) is 6.25. The van der Waals surface area contributed by atoms with Crippen LogP contribution in [0.25, 0.3) is 0 Å². The third-order valence-electron chi connectivity index (χ3n) is 2.92. The van der Waals surface area contributed by atoms with Crippen LogP contribution in [0.15, 0.2) is 18.2 Å². The zero-order valence-electron chi connectivity index (χ0n) is 12.5. The largest absolute Gasteiger partial charge is 0.395 e. The number of anilines is 1. The van der Waals surface area contributed by atoms with Gasteiger partial charge in [0.1, 0.15) is 0 Å². The fraction of sp³-hybridized carbons (Fsp3) is 0.471. The minimum atomic E-state index is 0.0564. The summed E-state index contributed by atoms with van der Waals surface area (Å²) < 4.78 is 0. The molecule has 2 N–H and O–H groups in total. The zero-order chi connectivity index (χ0) is 15.0. The molecule has 0 saturated carbocycles. The van der Waals surface area contributed by atoms with Crippen LogP contribution >= 0.6 is 0 Å². The molecule has 0 atom stereocenters. The van der Waals surface area contributed by atoms with E-state index in [1.807, 2.05) is 25.1 Å². The van der Waals surface area contributed by atoms with Crippen LogP contribution in [-0.2, 0) is 4.79 Å². The Morgan fingerprint density at radius 2 is 2.15 bits per heavy atom. The van der Waals surface area contributed by atoms with Gasteiger partial charge < -0.3 is 10.4 Å². The Bertz CT molecular complexity index is 509. The van der Waals surface area contributed by atoms with Crippen molar-refractivity contribution in [3.8, 4) is 11.8 Å². The molecule has 0 radical (unpaired) electrons. The van der Waals surface area contributed by atoms with E-state index in [1.54, 1.807) is 0 Å². The predicted octanol–water partition coefficient (Wildman–Crippen LogP) is 3.10. The molecular formula is C17H23NO2.